The Kier molecular flexibility index (Phi) is 5.21. The quantitative estimate of drug-likeness (QED) is 0.310. The van der Waals surface area contributed by atoms with Gasteiger partial charge in [0.05, 0.1) is 5.25 Å². The molecule has 1 heterocycles. The maximum Gasteiger partial charge on any atom is 0.251 e. The van der Waals surface area contributed by atoms with E-state index in [0.29, 0.717) is 5.16 Å². The van der Waals surface area contributed by atoms with Gasteiger partial charge in [0, 0.05) is 11.8 Å². The van der Waals surface area contributed by atoms with Crippen LogP contribution in [0, 0.1) is 5.41 Å². The summed E-state index contributed by atoms with van der Waals surface area (Å²) >= 11 is 1.33. The minimum Gasteiger partial charge on any atom is -0.387 e. The van der Waals surface area contributed by atoms with Crippen molar-refractivity contribution in [2.45, 2.75) is 43.5 Å². The van der Waals surface area contributed by atoms with E-state index in [9.17, 15) is 4.79 Å². The average molecular weight is 254 g/mol. The summed E-state index contributed by atoms with van der Waals surface area (Å²) in [6.07, 6.45) is 2.47. The molecule has 0 saturated heterocycles. The summed E-state index contributed by atoms with van der Waals surface area (Å²) in [6, 6.07) is 1.52. The lowest BCUT2D eigenvalue weighted by molar-refractivity contribution is 0.813. The highest BCUT2D eigenvalue weighted by atomic mass is 32.2. The van der Waals surface area contributed by atoms with Crippen LogP contribution in [0.4, 0.5) is 0 Å². The Morgan fingerprint density at radius 3 is 2.88 bits per heavy atom. The van der Waals surface area contributed by atoms with Crippen LogP contribution in [0.25, 0.3) is 0 Å². The minimum atomic E-state index is -0.149. The summed E-state index contributed by atoms with van der Waals surface area (Å²) in [5.41, 5.74) is 6.11. The van der Waals surface area contributed by atoms with Crippen LogP contribution >= 0.6 is 11.8 Å². The van der Waals surface area contributed by atoms with Crippen molar-refractivity contribution in [3.05, 3.63) is 22.1 Å². The van der Waals surface area contributed by atoms with E-state index in [2.05, 4.69) is 9.97 Å². The molecule has 1 rings (SSSR count). The molecule has 0 radical (unpaired) electrons. The first-order chi connectivity index (χ1) is 8.06. The van der Waals surface area contributed by atoms with Gasteiger partial charge in [-0.2, -0.15) is 0 Å². The average Bonchev–Trinajstić information content (AvgIpc) is 2.25. The van der Waals surface area contributed by atoms with Crippen molar-refractivity contribution in [1.29, 1.82) is 5.41 Å². The molecule has 0 aliphatic rings. The molecule has 5 nitrogen and oxygen atoms in total. The molecule has 1 aromatic rings. The van der Waals surface area contributed by atoms with Gasteiger partial charge >= 0.3 is 0 Å². The Bertz CT molecular complexity index is 443. The number of hydrogen-bond acceptors (Lipinski definition) is 4. The monoisotopic (exact) mass is 254 g/mol. The number of aryl methyl sites for hydroxylation is 1. The summed E-state index contributed by atoms with van der Waals surface area (Å²) in [5, 5.41) is 7.84. The molecule has 0 aromatic carbocycles. The first-order valence-electron chi connectivity index (χ1n) is 5.67. The van der Waals surface area contributed by atoms with Crippen LogP contribution in [-0.2, 0) is 6.42 Å². The molecule has 0 bridgehead atoms. The van der Waals surface area contributed by atoms with E-state index in [-0.39, 0.29) is 16.6 Å². The number of hydrogen-bond donors (Lipinski definition) is 3. The third-order valence-electron chi connectivity index (χ3n) is 2.25. The molecule has 1 unspecified atom stereocenters. The fraction of sp³-hybridized carbons (Fsp3) is 0.545. The molecule has 0 amide bonds. The molecule has 4 N–H and O–H groups in total. The molecule has 0 saturated carbocycles. The molecular formula is C11H18N4OS. The van der Waals surface area contributed by atoms with Gasteiger partial charge in [-0.3, -0.25) is 10.2 Å². The lowest BCUT2D eigenvalue weighted by Crippen LogP contribution is -2.25. The van der Waals surface area contributed by atoms with Crippen LogP contribution in [0.5, 0.6) is 0 Å². The van der Waals surface area contributed by atoms with Gasteiger partial charge in [-0.15, -0.1) is 0 Å². The molecule has 0 aliphatic heterocycles. The van der Waals surface area contributed by atoms with Gasteiger partial charge in [-0.1, -0.05) is 32.0 Å². The van der Waals surface area contributed by atoms with Crippen molar-refractivity contribution in [2.24, 2.45) is 5.73 Å². The van der Waals surface area contributed by atoms with Crippen LogP contribution in [0.3, 0.4) is 0 Å². The van der Waals surface area contributed by atoms with Crippen molar-refractivity contribution in [1.82, 2.24) is 9.97 Å². The zero-order valence-corrected chi connectivity index (χ0v) is 10.9. The fourth-order valence-corrected chi connectivity index (χ4v) is 2.32. The summed E-state index contributed by atoms with van der Waals surface area (Å²) in [7, 11) is 0. The smallest absolute Gasteiger partial charge is 0.251 e. The first-order valence-corrected chi connectivity index (χ1v) is 6.55. The Morgan fingerprint density at radius 2 is 2.35 bits per heavy atom. The Balaban J connectivity index is 2.90. The Morgan fingerprint density at radius 1 is 1.65 bits per heavy atom. The van der Waals surface area contributed by atoms with E-state index in [1.807, 2.05) is 13.8 Å². The van der Waals surface area contributed by atoms with Crippen LogP contribution in [0.1, 0.15) is 32.4 Å². The molecule has 6 heteroatoms. The molecule has 0 aliphatic carbocycles. The zero-order valence-electron chi connectivity index (χ0n) is 10.1. The summed E-state index contributed by atoms with van der Waals surface area (Å²) in [6.45, 7) is 3.99. The third-order valence-corrected chi connectivity index (χ3v) is 3.54. The first kappa shape index (κ1) is 13.8. The van der Waals surface area contributed by atoms with Crippen molar-refractivity contribution in [3.63, 3.8) is 0 Å². The lowest BCUT2D eigenvalue weighted by Gasteiger charge is -2.11. The molecule has 0 spiro atoms. The number of nitrogens with two attached hydrogens (primary N) is 1. The number of aromatic amines is 1. The van der Waals surface area contributed by atoms with Crippen LogP contribution in [0.2, 0.25) is 0 Å². The lowest BCUT2D eigenvalue weighted by atomic mass is 10.2. The molecule has 1 aromatic heterocycles. The molecule has 94 valence electrons. The maximum absolute atomic E-state index is 11.4. The molecule has 17 heavy (non-hydrogen) atoms. The highest BCUT2D eigenvalue weighted by molar-refractivity contribution is 8.00. The van der Waals surface area contributed by atoms with Crippen LogP contribution in [0.15, 0.2) is 16.0 Å². The van der Waals surface area contributed by atoms with Gasteiger partial charge in [0.15, 0.2) is 5.16 Å². The standard InChI is InChI=1S/C11H18N4OS/c1-3-5-7-6-9(16)15-11(14-7)17-8(4-2)10(12)13/h6,8H,3-5H2,1-2H3,(H3,12,13)(H,14,15,16). The predicted molar refractivity (Wildman–Crippen MR) is 70.7 cm³/mol. The van der Waals surface area contributed by atoms with E-state index >= 15 is 0 Å². The highest BCUT2D eigenvalue weighted by Crippen LogP contribution is 2.21. The number of H-pyrrole nitrogens is 1. The SMILES string of the molecule is CCCc1cc(=O)[nH]c(SC(CC)C(=N)N)n1. The second kappa shape index (κ2) is 6.44. The van der Waals surface area contributed by atoms with E-state index in [1.54, 1.807) is 0 Å². The number of aromatic nitrogens is 2. The van der Waals surface area contributed by atoms with E-state index in [4.69, 9.17) is 11.1 Å². The summed E-state index contributed by atoms with van der Waals surface area (Å²) in [4.78, 5) is 18.5. The van der Waals surface area contributed by atoms with Crippen molar-refractivity contribution < 1.29 is 0 Å². The van der Waals surface area contributed by atoms with Gasteiger partial charge in [-0.05, 0) is 12.8 Å². The number of nitrogens with zero attached hydrogens (tertiary/aromatic N) is 1. The normalized spacial score (nSPS) is 12.4. The number of rotatable bonds is 6. The summed E-state index contributed by atoms with van der Waals surface area (Å²) < 4.78 is 0. The largest absolute Gasteiger partial charge is 0.387 e. The number of nitrogens with one attached hydrogen (secondary N) is 2. The van der Waals surface area contributed by atoms with Gasteiger partial charge < -0.3 is 10.7 Å². The van der Waals surface area contributed by atoms with Crippen molar-refractivity contribution in [3.8, 4) is 0 Å². The minimum absolute atomic E-state index is 0.112. The van der Waals surface area contributed by atoms with Gasteiger partial charge in [0.2, 0.25) is 0 Å². The summed E-state index contributed by atoms with van der Waals surface area (Å²) in [5.74, 6) is 0.112. The second-order valence-electron chi connectivity index (χ2n) is 3.76. The van der Waals surface area contributed by atoms with Gasteiger partial charge in [-0.25, -0.2) is 4.98 Å². The second-order valence-corrected chi connectivity index (χ2v) is 4.95. The highest BCUT2D eigenvalue weighted by Gasteiger charge is 2.13. The Hall–Kier alpha value is -1.30. The fourth-order valence-electron chi connectivity index (χ4n) is 1.42. The molecular weight excluding hydrogens is 236 g/mol. The zero-order chi connectivity index (χ0) is 12.8. The van der Waals surface area contributed by atoms with E-state index in [0.717, 1.165) is 25.0 Å². The molecule has 0 fully saturated rings. The topological polar surface area (TPSA) is 95.6 Å². The van der Waals surface area contributed by atoms with E-state index in [1.165, 1.54) is 17.8 Å². The predicted octanol–water partition coefficient (Wildman–Crippen LogP) is 1.53. The van der Waals surface area contributed by atoms with Crippen LogP contribution in [-0.4, -0.2) is 21.1 Å². The number of thioether (sulfide) groups is 1. The Labute approximate surface area is 105 Å². The van der Waals surface area contributed by atoms with Crippen LogP contribution < -0.4 is 11.3 Å². The van der Waals surface area contributed by atoms with Crippen molar-refractivity contribution >= 4 is 17.6 Å². The van der Waals surface area contributed by atoms with Crippen molar-refractivity contribution in [2.75, 3.05) is 0 Å². The third kappa shape index (κ3) is 4.22. The van der Waals surface area contributed by atoms with Gasteiger partial charge in [0.25, 0.3) is 5.56 Å². The molecule has 1 atom stereocenters. The maximum atomic E-state index is 11.4. The number of amidine groups is 1. The van der Waals surface area contributed by atoms with E-state index < -0.39 is 0 Å². The van der Waals surface area contributed by atoms with Gasteiger partial charge in [0.1, 0.15) is 5.84 Å².